The van der Waals surface area contributed by atoms with Crippen LogP contribution in [0, 0.1) is 24.0 Å². The van der Waals surface area contributed by atoms with Crippen LogP contribution in [0.1, 0.15) is 18.1 Å². The molecule has 2 rings (SSSR count). The van der Waals surface area contributed by atoms with Gasteiger partial charge in [0.15, 0.2) is 5.69 Å². The Morgan fingerprint density at radius 1 is 1.20 bits per heavy atom. The summed E-state index contributed by atoms with van der Waals surface area (Å²) in [5, 5.41) is 14.2. The molecule has 1 heterocycles. The summed E-state index contributed by atoms with van der Waals surface area (Å²) in [5.41, 5.74) is 3.43. The molecule has 0 aliphatic rings. The molecule has 2 aromatic rings. The van der Waals surface area contributed by atoms with Gasteiger partial charge in [-0.05, 0) is 44.0 Å². The van der Waals surface area contributed by atoms with Gasteiger partial charge in [-0.2, -0.15) is 0 Å². The lowest BCUT2D eigenvalue weighted by Gasteiger charge is -2.08. The Hall–Kier alpha value is -2.43. The van der Waals surface area contributed by atoms with E-state index in [2.05, 4.69) is 10.3 Å². The van der Waals surface area contributed by atoms with E-state index in [0.29, 0.717) is 11.5 Å². The van der Waals surface area contributed by atoms with Crippen LogP contribution in [0.5, 0.6) is 0 Å². The third-order valence-corrected chi connectivity index (χ3v) is 3.21. The van der Waals surface area contributed by atoms with Gasteiger partial charge in [0.05, 0.1) is 4.92 Å². The molecule has 1 aromatic carbocycles. The quantitative estimate of drug-likeness (QED) is 0.680. The van der Waals surface area contributed by atoms with Crippen LogP contribution in [-0.4, -0.2) is 16.5 Å². The normalized spacial score (nSPS) is 10.3. The van der Waals surface area contributed by atoms with Crippen LogP contribution in [0.15, 0.2) is 30.3 Å². The smallest absolute Gasteiger partial charge is 0.295 e. The fraction of sp³-hybridized carbons (Fsp3) is 0.267. The Morgan fingerprint density at radius 3 is 2.55 bits per heavy atom. The first-order valence-electron chi connectivity index (χ1n) is 6.50. The van der Waals surface area contributed by atoms with Crippen LogP contribution >= 0.6 is 0 Å². The van der Waals surface area contributed by atoms with Gasteiger partial charge in [0, 0.05) is 18.2 Å². The van der Waals surface area contributed by atoms with Crippen LogP contribution < -0.4 is 5.32 Å². The SMILES string of the molecule is CCNc1ccc([N+](=O)[O-])c(-c2ccc(C)c(C)c2)n1. The van der Waals surface area contributed by atoms with Crippen molar-refractivity contribution in [2.45, 2.75) is 20.8 Å². The van der Waals surface area contributed by atoms with E-state index in [1.54, 1.807) is 6.07 Å². The summed E-state index contributed by atoms with van der Waals surface area (Å²) in [4.78, 5) is 15.1. The molecular weight excluding hydrogens is 254 g/mol. The van der Waals surface area contributed by atoms with Crippen LogP contribution in [0.4, 0.5) is 11.5 Å². The number of rotatable bonds is 4. The molecule has 0 bridgehead atoms. The number of nitrogens with zero attached hydrogens (tertiary/aromatic N) is 2. The zero-order valence-electron chi connectivity index (χ0n) is 11.8. The molecular formula is C15H17N3O2. The van der Waals surface area contributed by atoms with Crippen molar-refractivity contribution in [3.8, 4) is 11.3 Å². The summed E-state index contributed by atoms with van der Waals surface area (Å²) in [7, 11) is 0. The van der Waals surface area contributed by atoms with Gasteiger partial charge in [-0.1, -0.05) is 12.1 Å². The Balaban J connectivity index is 2.59. The fourth-order valence-electron chi connectivity index (χ4n) is 1.98. The Kier molecular flexibility index (Phi) is 3.98. The predicted molar refractivity (Wildman–Crippen MR) is 80.0 cm³/mol. The molecule has 0 aliphatic carbocycles. The second kappa shape index (κ2) is 5.69. The molecule has 0 saturated heterocycles. The molecule has 0 amide bonds. The number of benzene rings is 1. The standard InChI is InChI=1S/C15H17N3O2/c1-4-16-14-8-7-13(18(19)20)15(17-14)12-6-5-10(2)11(3)9-12/h5-9H,4H2,1-3H3,(H,16,17). The lowest BCUT2D eigenvalue weighted by Crippen LogP contribution is -2.02. The minimum Gasteiger partial charge on any atom is -0.370 e. The molecule has 0 fully saturated rings. The van der Waals surface area contributed by atoms with Gasteiger partial charge < -0.3 is 5.32 Å². The van der Waals surface area contributed by atoms with Crippen molar-refractivity contribution in [3.63, 3.8) is 0 Å². The maximum atomic E-state index is 11.2. The second-order valence-corrected chi connectivity index (χ2v) is 4.65. The van der Waals surface area contributed by atoms with Gasteiger partial charge in [-0.3, -0.25) is 10.1 Å². The third kappa shape index (κ3) is 2.77. The van der Waals surface area contributed by atoms with E-state index in [4.69, 9.17) is 0 Å². The van der Waals surface area contributed by atoms with Gasteiger partial charge in [0.25, 0.3) is 5.69 Å². The number of anilines is 1. The number of hydrogen-bond donors (Lipinski definition) is 1. The number of nitrogens with one attached hydrogen (secondary N) is 1. The van der Waals surface area contributed by atoms with Gasteiger partial charge in [-0.15, -0.1) is 0 Å². The molecule has 0 radical (unpaired) electrons. The number of aryl methyl sites for hydroxylation is 2. The Labute approximate surface area is 117 Å². The first kappa shape index (κ1) is 14.0. The highest BCUT2D eigenvalue weighted by atomic mass is 16.6. The summed E-state index contributed by atoms with van der Waals surface area (Å²) in [6.07, 6.45) is 0. The monoisotopic (exact) mass is 271 g/mol. The van der Waals surface area contributed by atoms with Crippen molar-refractivity contribution in [1.82, 2.24) is 4.98 Å². The number of aromatic nitrogens is 1. The van der Waals surface area contributed by atoms with E-state index in [9.17, 15) is 10.1 Å². The van der Waals surface area contributed by atoms with Crippen molar-refractivity contribution in [3.05, 3.63) is 51.6 Å². The molecule has 20 heavy (non-hydrogen) atoms. The van der Waals surface area contributed by atoms with Gasteiger partial charge in [0.1, 0.15) is 5.82 Å². The van der Waals surface area contributed by atoms with E-state index in [-0.39, 0.29) is 5.69 Å². The van der Waals surface area contributed by atoms with E-state index < -0.39 is 4.92 Å². The lowest BCUT2D eigenvalue weighted by atomic mass is 10.0. The van der Waals surface area contributed by atoms with Crippen LogP contribution in [0.2, 0.25) is 0 Å². The molecule has 0 aliphatic heterocycles. The van der Waals surface area contributed by atoms with Crippen molar-refractivity contribution in [2.24, 2.45) is 0 Å². The van der Waals surface area contributed by atoms with Crippen molar-refractivity contribution in [1.29, 1.82) is 0 Å². The molecule has 0 atom stereocenters. The summed E-state index contributed by atoms with van der Waals surface area (Å²) < 4.78 is 0. The molecule has 0 saturated carbocycles. The number of hydrogen-bond acceptors (Lipinski definition) is 4. The fourth-order valence-corrected chi connectivity index (χ4v) is 1.98. The zero-order valence-corrected chi connectivity index (χ0v) is 11.8. The van der Waals surface area contributed by atoms with E-state index in [1.165, 1.54) is 6.07 Å². The highest BCUT2D eigenvalue weighted by molar-refractivity contribution is 5.72. The minimum atomic E-state index is -0.396. The second-order valence-electron chi connectivity index (χ2n) is 4.65. The Morgan fingerprint density at radius 2 is 1.95 bits per heavy atom. The lowest BCUT2D eigenvalue weighted by molar-refractivity contribution is -0.384. The van der Waals surface area contributed by atoms with Gasteiger partial charge in [0.2, 0.25) is 0 Å². The van der Waals surface area contributed by atoms with Gasteiger partial charge in [-0.25, -0.2) is 4.98 Å². The van der Waals surface area contributed by atoms with Crippen molar-refractivity contribution in [2.75, 3.05) is 11.9 Å². The molecule has 104 valence electrons. The summed E-state index contributed by atoms with van der Waals surface area (Å²) >= 11 is 0. The maximum Gasteiger partial charge on any atom is 0.295 e. The van der Waals surface area contributed by atoms with E-state index in [1.807, 2.05) is 39.0 Å². The van der Waals surface area contributed by atoms with Crippen molar-refractivity contribution < 1.29 is 4.92 Å². The highest BCUT2D eigenvalue weighted by Crippen LogP contribution is 2.30. The van der Waals surface area contributed by atoms with Crippen molar-refractivity contribution >= 4 is 11.5 Å². The Bertz CT molecular complexity index is 654. The average molecular weight is 271 g/mol. The highest BCUT2D eigenvalue weighted by Gasteiger charge is 2.18. The first-order chi connectivity index (χ1) is 9.52. The molecule has 5 heteroatoms. The zero-order chi connectivity index (χ0) is 14.7. The number of nitro groups is 1. The first-order valence-corrected chi connectivity index (χ1v) is 6.50. The summed E-state index contributed by atoms with van der Waals surface area (Å²) in [5.74, 6) is 0.645. The van der Waals surface area contributed by atoms with Crippen LogP contribution in [0.3, 0.4) is 0 Å². The van der Waals surface area contributed by atoms with Crippen LogP contribution in [-0.2, 0) is 0 Å². The average Bonchev–Trinajstić information content (AvgIpc) is 2.42. The third-order valence-electron chi connectivity index (χ3n) is 3.21. The van der Waals surface area contributed by atoms with E-state index >= 15 is 0 Å². The molecule has 0 unspecified atom stereocenters. The summed E-state index contributed by atoms with van der Waals surface area (Å²) in [6, 6.07) is 8.88. The minimum absolute atomic E-state index is 0.0231. The maximum absolute atomic E-state index is 11.2. The topological polar surface area (TPSA) is 68.1 Å². The van der Waals surface area contributed by atoms with Crippen LogP contribution in [0.25, 0.3) is 11.3 Å². The molecule has 1 aromatic heterocycles. The molecule has 1 N–H and O–H groups in total. The van der Waals surface area contributed by atoms with Gasteiger partial charge >= 0.3 is 0 Å². The largest absolute Gasteiger partial charge is 0.370 e. The molecule has 0 spiro atoms. The predicted octanol–water partition coefficient (Wildman–Crippen LogP) is 3.71. The number of pyridine rings is 1. The molecule has 5 nitrogen and oxygen atoms in total. The van der Waals surface area contributed by atoms with E-state index in [0.717, 1.165) is 23.2 Å². The summed E-state index contributed by atoms with van der Waals surface area (Å²) in [6.45, 7) is 6.67.